The Morgan fingerprint density at radius 3 is 2.52 bits per heavy atom. The third-order valence-electron chi connectivity index (χ3n) is 2.96. The molecule has 6 nitrogen and oxygen atoms in total. The van der Waals surface area contributed by atoms with Crippen molar-refractivity contribution in [2.75, 3.05) is 47.9 Å². The number of methoxy groups -OCH3 is 2. The number of hydrogen-bond acceptors (Lipinski definition) is 5. The van der Waals surface area contributed by atoms with Gasteiger partial charge in [0.2, 0.25) is 5.91 Å². The van der Waals surface area contributed by atoms with E-state index in [1.165, 1.54) is 0 Å². The summed E-state index contributed by atoms with van der Waals surface area (Å²) in [6.07, 6.45) is 0. The van der Waals surface area contributed by atoms with E-state index < -0.39 is 0 Å². The lowest BCUT2D eigenvalue weighted by molar-refractivity contribution is -0.120. The molecule has 1 rings (SSSR count). The molecule has 0 saturated carbocycles. The Bertz CT molecular complexity index is 450. The fourth-order valence-corrected chi connectivity index (χ4v) is 1.76. The average molecular weight is 295 g/mol. The van der Waals surface area contributed by atoms with Gasteiger partial charge in [-0.05, 0) is 31.8 Å². The van der Waals surface area contributed by atoms with E-state index in [9.17, 15) is 4.79 Å². The highest BCUT2D eigenvalue weighted by Gasteiger charge is 2.06. The van der Waals surface area contributed by atoms with Gasteiger partial charge in [0.1, 0.15) is 0 Å². The van der Waals surface area contributed by atoms with E-state index in [1.807, 2.05) is 32.3 Å². The van der Waals surface area contributed by atoms with Crippen molar-refractivity contribution in [2.24, 2.45) is 0 Å². The van der Waals surface area contributed by atoms with E-state index in [4.69, 9.17) is 9.47 Å². The highest BCUT2D eigenvalue weighted by Crippen LogP contribution is 2.27. The SMILES string of the molecule is COc1ccc(CNC(=O)CNCCN(C)C)cc1OC. The summed E-state index contributed by atoms with van der Waals surface area (Å²) in [6, 6.07) is 5.59. The number of benzene rings is 1. The largest absolute Gasteiger partial charge is 0.493 e. The van der Waals surface area contributed by atoms with Crippen LogP contribution >= 0.6 is 0 Å². The standard InChI is InChI=1S/C15H25N3O3/c1-18(2)8-7-16-11-15(19)17-10-12-5-6-13(20-3)14(9-12)21-4/h5-6,9,16H,7-8,10-11H2,1-4H3,(H,17,19). The van der Waals surface area contributed by atoms with Gasteiger partial charge in [0, 0.05) is 19.6 Å². The van der Waals surface area contributed by atoms with Crippen molar-refractivity contribution in [2.45, 2.75) is 6.54 Å². The van der Waals surface area contributed by atoms with Crippen molar-refractivity contribution in [3.8, 4) is 11.5 Å². The number of nitrogens with one attached hydrogen (secondary N) is 2. The number of rotatable bonds is 9. The number of hydrogen-bond donors (Lipinski definition) is 2. The molecule has 0 radical (unpaired) electrons. The third kappa shape index (κ3) is 6.46. The van der Waals surface area contributed by atoms with Crippen molar-refractivity contribution in [1.29, 1.82) is 0 Å². The lowest BCUT2D eigenvalue weighted by Gasteiger charge is -2.12. The van der Waals surface area contributed by atoms with E-state index in [1.54, 1.807) is 14.2 Å². The molecule has 0 atom stereocenters. The molecule has 6 heteroatoms. The van der Waals surface area contributed by atoms with Crippen LogP contribution < -0.4 is 20.1 Å². The maximum Gasteiger partial charge on any atom is 0.234 e. The van der Waals surface area contributed by atoms with Crippen molar-refractivity contribution < 1.29 is 14.3 Å². The minimum absolute atomic E-state index is 0.0245. The monoisotopic (exact) mass is 295 g/mol. The number of nitrogens with zero attached hydrogens (tertiary/aromatic N) is 1. The molecular weight excluding hydrogens is 270 g/mol. The summed E-state index contributed by atoms with van der Waals surface area (Å²) < 4.78 is 10.4. The van der Waals surface area contributed by atoms with E-state index in [2.05, 4.69) is 15.5 Å². The minimum Gasteiger partial charge on any atom is -0.493 e. The van der Waals surface area contributed by atoms with Gasteiger partial charge in [0.05, 0.1) is 20.8 Å². The van der Waals surface area contributed by atoms with Crippen LogP contribution in [-0.4, -0.2) is 58.8 Å². The molecule has 0 aliphatic heterocycles. The van der Waals surface area contributed by atoms with Gasteiger partial charge in [-0.2, -0.15) is 0 Å². The Hall–Kier alpha value is -1.79. The molecule has 0 aromatic heterocycles. The van der Waals surface area contributed by atoms with Crippen LogP contribution in [-0.2, 0) is 11.3 Å². The second-order valence-corrected chi connectivity index (χ2v) is 4.95. The topological polar surface area (TPSA) is 62.8 Å². The molecule has 0 aliphatic carbocycles. The molecule has 0 aliphatic rings. The van der Waals surface area contributed by atoms with Crippen molar-refractivity contribution >= 4 is 5.91 Å². The van der Waals surface area contributed by atoms with E-state index >= 15 is 0 Å². The Labute approximate surface area is 126 Å². The van der Waals surface area contributed by atoms with E-state index in [0.717, 1.165) is 18.7 Å². The number of ether oxygens (including phenoxy) is 2. The highest BCUT2D eigenvalue weighted by molar-refractivity contribution is 5.77. The van der Waals surface area contributed by atoms with Crippen LogP contribution in [0.3, 0.4) is 0 Å². The maximum absolute atomic E-state index is 11.7. The molecule has 1 aromatic rings. The predicted molar refractivity (Wildman–Crippen MR) is 82.8 cm³/mol. The molecule has 0 saturated heterocycles. The summed E-state index contributed by atoms with van der Waals surface area (Å²) in [5.74, 6) is 1.31. The fraction of sp³-hybridized carbons (Fsp3) is 0.533. The molecule has 0 unspecified atom stereocenters. The first kappa shape index (κ1) is 17.3. The van der Waals surface area contributed by atoms with Gasteiger partial charge < -0.3 is 25.0 Å². The van der Waals surface area contributed by atoms with Crippen molar-refractivity contribution in [3.05, 3.63) is 23.8 Å². The second kappa shape index (κ2) is 9.20. The average Bonchev–Trinajstić information content (AvgIpc) is 2.48. The quantitative estimate of drug-likeness (QED) is 0.649. The Kier molecular flexibility index (Phi) is 7.56. The summed E-state index contributed by atoms with van der Waals surface area (Å²) in [4.78, 5) is 13.8. The number of carbonyl (C=O) groups is 1. The molecule has 1 aromatic carbocycles. The Balaban J connectivity index is 2.36. The zero-order valence-electron chi connectivity index (χ0n) is 13.2. The van der Waals surface area contributed by atoms with Gasteiger partial charge >= 0.3 is 0 Å². The van der Waals surface area contributed by atoms with E-state index in [0.29, 0.717) is 24.6 Å². The van der Waals surface area contributed by atoms with Crippen molar-refractivity contribution in [1.82, 2.24) is 15.5 Å². The number of likely N-dealkylation sites (N-methyl/N-ethyl adjacent to an activating group) is 1. The van der Waals surface area contributed by atoms with Crippen LogP contribution in [0.5, 0.6) is 11.5 Å². The summed E-state index contributed by atoms with van der Waals surface area (Å²) in [5.41, 5.74) is 0.967. The van der Waals surface area contributed by atoms with Crippen LogP contribution in [0.4, 0.5) is 0 Å². The molecule has 0 spiro atoms. The number of amides is 1. The molecule has 21 heavy (non-hydrogen) atoms. The van der Waals surface area contributed by atoms with Gasteiger partial charge in [-0.25, -0.2) is 0 Å². The minimum atomic E-state index is -0.0245. The van der Waals surface area contributed by atoms with Crippen LogP contribution in [0, 0.1) is 0 Å². The van der Waals surface area contributed by atoms with Gasteiger partial charge in [-0.15, -0.1) is 0 Å². The summed E-state index contributed by atoms with van der Waals surface area (Å²) in [7, 11) is 7.19. The summed E-state index contributed by atoms with van der Waals surface area (Å²) in [6.45, 7) is 2.48. The van der Waals surface area contributed by atoms with Crippen LogP contribution in [0.2, 0.25) is 0 Å². The maximum atomic E-state index is 11.7. The molecule has 2 N–H and O–H groups in total. The van der Waals surface area contributed by atoms with Crippen LogP contribution in [0.25, 0.3) is 0 Å². The molecule has 0 heterocycles. The molecule has 0 fully saturated rings. The molecular formula is C15H25N3O3. The third-order valence-corrected chi connectivity index (χ3v) is 2.96. The smallest absolute Gasteiger partial charge is 0.234 e. The zero-order chi connectivity index (χ0) is 15.7. The Morgan fingerprint density at radius 1 is 1.19 bits per heavy atom. The predicted octanol–water partition coefficient (Wildman–Crippen LogP) is 0.471. The second-order valence-electron chi connectivity index (χ2n) is 4.95. The summed E-state index contributed by atoms with van der Waals surface area (Å²) >= 11 is 0. The van der Waals surface area contributed by atoms with Gasteiger partial charge in [0.15, 0.2) is 11.5 Å². The molecule has 0 bridgehead atoms. The lowest BCUT2D eigenvalue weighted by atomic mass is 10.2. The molecule has 118 valence electrons. The van der Waals surface area contributed by atoms with Gasteiger partial charge in [0.25, 0.3) is 0 Å². The highest BCUT2D eigenvalue weighted by atomic mass is 16.5. The van der Waals surface area contributed by atoms with Gasteiger partial charge in [-0.1, -0.05) is 6.07 Å². The van der Waals surface area contributed by atoms with E-state index in [-0.39, 0.29) is 5.91 Å². The Morgan fingerprint density at radius 2 is 1.90 bits per heavy atom. The normalized spacial score (nSPS) is 10.5. The fourth-order valence-electron chi connectivity index (χ4n) is 1.76. The first-order valence-electron chi connectivity index (χ1n) is 6.90. The first-order chi connectivity index (χ1) is 10.1. The van der Waals surface area contributed by atoms with Crippen LogP contribution in [0.1, 0.15) is 5.56 Å². The number of carbonyl (C=O) groups excluding carboxylic acids is 1. The first-order valence-corrected chi connectivity index (χ1v) is 6.90. The zero-order valence-corrected chi connectivity index (χ0v) is 13.2. The summed E-state index contributed by atoms with van der Waals surface area (Å²) in [5, 5.41) is 5.96. The van der Waals surface area contributed by atoms with Gasteiger partial charge in [-0.3, -0.25) is 4.79 Å². The molecule has 1 amide bonds. The van der Waals surface area contributed by atoms with Crippen molar-refractivity contribution in [3.63, 3.8) is 0 Å². The lowest BCUT2D eigenvalue weighted by Crippen LogP contribution is -2.36. The van der Waals surface area contributed by atoms with Crippen LogP contribution in [0.15, 0.2) is 18.2 Å².